The second kappa shape index (κ2) is 5.30. The van der Waals surface area contributed by atoms with Gasteiger partial charge in [0.15, 0.2) is 0 Å². The molecule has 1 aliphatic rings. The summed E-state index contributed by atoms with van der Waals surface area (Å²) in [5, 5.41) is 6.05. The van der Waals surface area contributed by atoms with Crippen molar-refractivity contribution in [3.05, 3.63) is 42.0 Å². The number of thiocarbonyl (C=S) groups is 1. The van der Waals surface area contributed by atoms with E-state index in [2.05, 4.69) is 43.4 Å². The fraction of sp³-hybridized carbons (Fsp3) is 0.389. The van der Waals surface area contributed by atoms with Gasteiger partial charge in [-0.25, -0.2) is 0 Å². The zero-order chi connectivity index (χ0) is 15.0. The van der Waals surface area contributed by atoms with Gasteiger partial charge in [-0.1, -0.05) is 50.3 Å². The maximum absolute atomic E-state index is 5.84. The Morgan fingerprint density at radius 1 is 1.19 bits per heavy atom. The van der Waals surface area contributed by atoms with E-state index in [4.69, 9.17) is 18.0 Å². The highest BCUT2D eigenvalue weighted by atomic mass is 32.1. The zero-order valence-corrected chi connectivity index (χ0v) is 13.5. The Bertz CT molecular complexity index is 691. The minimum atomic E-state index is 0.451. The van der Waals surface area contributed by atoms with E-state index >= 15 is 0 Å². The summed E-state index contributed by atoms with van der Waals surface area (Å²) in [4.78, 5) is 0.458. The van der Waals surface area contributed by atoms with E-state index in [9.17, 15) is 0 Å². The van der Waals surface area contributed by atoms with Crippen molar-refractivity contribution < 1.29 is 0 Å². The molecule has 21 heavy (non-hydrogen) atoms. The van der Waals surface area contributed by atoms with E-state index in [0.717, 1.165) is 10.9 Å². The highest BCUT2D eigenvalue weighted by molar-refractivity contribution is 7.80. The van der Waals surface area contributed by atoms with Crippen LogP contribution in [0.5, 0.6) is 0 Å². The highest BCUT2D eigenvalue weighted by Gasteiger charge is 2.30. The lowest BCUT2D eigenvalue weighted by atomic mass is 9.92. The predicted octanol–water partition coefficient (Wildman–Crippen LogP) is 4.46. The monoisotopic (exact) mass is 298 g/mol. The molecule has 0 saturated heterocycles. The first-order valence-electron chi connectivity index (χ1n) is 7.54. The lowest BCUT2D eigenvalue weighted by Gasteiger charge is -2.20. The summed E-state index contributed by atoms with van der Waals surface area (Å²) in [6.45, 7) is 4.70. The molecule has 0 radical (unpaired) electrons. The second-order valence-electron chi connectivity index (χ2n) is 6.82. The number of nitrogens with one attached hydrogen (secondary N) is 1. The second-order valence-corrected chi connectivity index (χ2v) is 7.26. The number of hydrogen-bond donors (Lipinski definition) is 2. The summed E-state index contributed by atoms with van der Waals surface area (Å²) >= 11 is 5.16. The molecular formula is C18H22N2S. The lowest BCUT2D eigenvalue weighted by molar-refractivity contribution is 0.378. The van der Waals surface area contributed by atoms with Crippen LogP contribution in [0.2, 0.25) is 0 Å². The van der Waals surface area contributed by atoms with Crippen LogP contribution in [0.3, 0.4) is 0 Å². The Morgan fingerprint density at radius 3 is 2.52 bits per heavy atom. The first-order valence-corrected chi connectivity index (χ1v) is 7.95. The Kier molecular flexibility index (Phi) is 3.62. The third kappa shape index (κ3) is 2.88. The summed E-state index contributed by atoms with van der Waals surface area (Å²) in [5.41, 5.74) is 8.44. The first-order chi connectivity index (χ1) is 9.96. The SMILES string of the molecule is CC1(C)CCC(Nc2ccc(C(N)=S)c3ccccc23)C1. The summed E-state index contributed by atoms with van der Waals surface area (Å²) in [7, 11) is 0. The van der Waals surface area contributed by atoms with Crippen LogP contribution in [-0.4, -0.2) is 11.0 Å². The molecule has 0 aliphatic heterocycles. The van der Waals surface area contributed by atoms with Crippen molar-refractivity contribution in [2.24, 2.45) is 11.1 Å². The Labute approximate surface area is 131 Å². The number of benzene rings is 2. The smallest absolute Gasteiger partial charge is 0.104 e. The van der Waals surface area contributed by atoms with E-state index < -0.39 is 0 Å². The van der Waals surface area contributed by atoms with Crippen LogP contribution < -0.4 is 11.1 Å². The van der Waals surface area contributed by atoms with Crippen molar-refractivity contribution in [2.75, 3.05) is 5.32 Å². The molecule has 2 aromatic rings. The van der Waals surface area contributed by atoms with E-state index in [1.165, 1.54) is 30.3 Å². The third-order valence-corrected chi connectivity index (χ3v) is 4.74. The molecule has 0 amide bonds. The van der Waals surface area contributed by atoms with E-state index in [1.54, 1.807) is 0 Å². The summed E-state index contributed by atoms with van der Waals surface area (Å²) < 4.78 is 0. The van der Waals surface area contributed by atoms with Crippen LogP contribution in [0.1, 0.15) is 38.7 Å². The fourth-order valence-electron chi connectivity index (χ4n) is 3.42. The van der Waals surface area contributed by atoms with E-state index in [1.807, 2.05) is 12.1 Å². The summed E-state index contributed by atoms with van der Waals surface area (Å²) in [6, 6.07) is 13.0. The van der Waals surface area contributed by atoms with E-state index in [0.29, 0.717) is 16.4 Å². The number of fused-ring (bicyclic) bond motifs is 1. The van der Waals surface area contributed by atoms with Gasteiger partial charge in [-0.3, -0.25) is 0 Å². The van der Waals surface area contributed by atoms with Crippen LogP contribution in [0.4, 0.5) is 5.69 Å². The van der Waals surface area contributed by atoms with Gasteiger partial charge in [0.25, 0.3) is 0 Å². The molecule has 0 bridgehead atoms. The van der Waals surface area contributed by atoms with Crippen LogP contribution in [0.25, 0.3) is 10.8 Å². The molecule has 3 N–H and O–H groups in total. The van der Waals surface area contributed by atoms with Gasteiger partial charge in [0, 0.05) is 22.7 Å². The summed E-state index contributed by atoms with van der Waals surface area (Å²) in [5.74, 6) is 0. The summed E-state index contributed by atoms with van der Waals surface area (Å²) in [6.07, 6.45) is 3.74. The number of rotatable bonds is 3. The van der Waals surface area contributed by atoms with Crippen LogP contribution >= 0.6 is 12.2 Å². The fourth-order valence-corrected chi connectivity index (χ4v) is 3.60. The first kappa shape index (κ1) is 14.3. The molecule has 0 spiro atoms. The van der Waals surface area contributed by atoms with Gasteiger partial charge in [-0.15, -0.1) is 0 Å². The van der Waals surface area contributed by atoms with Crippen molar-refractivity contribution in [1.29, 1.82) is 0 Å². The van der Waals surface area contributed by atoms with Crippen LogP contribution in [-0.2, 0) is 0 Å². The molecule has 1 atom stereocenters. The van der Waals surface area contributed by atoms with Crippen LogP contribution in [0.15, 0.2) is 36.4 Å². The molecule has 1 aliphatic carbocycles. The molecule has 2 nitrogen and oxygen atoms in total. The Hall–Kier alpha value is -1.61. The molecule has 1 fully saturated rings. The van der Waals surface area contributed by atoms with Crippen molar-refractivity contribution in [3.8, 4) is 0 Å². The van der Waals surface area contributed by atoms with Crippen molar-refractivity contribution >= 4 is 33.7 Å². The van der Waals surface area contributed by atoms with Crippen molar-refractivity contribution in [3.63, 3.8) is 0 Å². The highest BCUT2D eigenvalue weighted by Crippen LogP contribution is 2.39. The average molecular weight is 298 g/mol. The molecule has 2 aromatic carbocycles. The number of anilines is 1. The maximum Gasteiger partial charge on any atom is 0.104 e. The largest absolute Gasteiger partial charge is 0.389 e. The minimum absolute atomic E-state index is 0.451. The molecule has 3 heteroatoms. The minimum Gasteiger partial charge on any atom is -0.389 e. The Balaban J connectivity index is 1.97. The van der Waals surface area contributed by atoms with Crippen LogP contribution in [0, 0.1) is 5.41 Å². The van der Waals surface area contributed by atoms with Gasteiger partial charge >= 0.3 is 0 Å². The topological polar surface area (TPSA) is 38.0 Å². The quantitative estimate of drug-likeness (QED) is 0.821. The van der Waals surface area contributed by atoms with Gasteiger partial charge in [0.1, 0.15) is 4.99 Å². The van der Waals surface area contributed by atoms with Crippen molar-refractivity contribution in [2.45, 2.75) is 39.2 Å². The molecule has 0 aromatic heterocycles. The van der Waals surface area contributed by atoms with Gasteiger partial charge in [0.05, 0.1) is 0 Å². The third-order valence-electron chi connectivity index (χ3n) is 4.52. The maximum atomic E-state index is 5.84. The van der Waals surface area contributed by atoms with Gasteiger partial charge in [-0.2, -0.15) is 0 Å². The zero-order valence-electron chi connectivity index (χ0n) is 12.6. The lowest BCUT2D eigenvalue weighted by Crippen LogP contribution is -2.18. The van der Waals surface area contributed by atoms with Gasteiger partial charge < -0.3 is 11.1 Å². The average Bonchev–Trinajstić information content (AvgIpc) is 2.78. The van der Waals surface area contributed by atoms with Gasteiger partial charge in [-0.05, 0) is 42.2 Å². The molecule has 110 valence electrons. The molecule has 0 heterocycles. The van der Waals surface area contributed by atoms with Crippen molar-refractivity contribution in [1.82, 2.24) is 0 Å². The predicted molar refractivity (Wildman–Crippen MR) is 94.9 cm³/mol. The normalized spacial score (nSPS) is 20.6. The molecule has 1 unspecified atom stereocenters. The van der Waals surface area contributed by atoms with Gasteiger partial charge in [0.2, 0.25) is 0 Å². The molecular weight excluding hydrogens is 276 g/mol. The molecule has 3 rings (SSSR count). The number of nitrogens with two attached hydrogens (primary N) is 1. The standard InChI is InChI=1S/C18H22N2S/c1-18(2)10-9-12(11-18)20-16-8-7-15(17(19)21)13-5-3-4-6-14(13)16/h3-8,12,20H,9-11H2,1-2H3,(H2,19,21). The van der Waals surface area contributed by atoms with E-state index in [-0.39, 0.29) is 0 Å². The Morgan fingerprint density at radius 2 is 1.90 bits per heavy atom. The number of hydrogen-bond acceptors (Lipinski definition) is 2. The molecule has 1 saturated carbocycles.